The molecule has 0 spiro atoms. The molecule has 0 aliphatic rings. The van der Waals surface area contributed by atoms with E-state index in [9.17, 15) is 0 Å². The quantitative estimate of drug-likeness (QED) is 0.788. The van der Waals surface area contributed by atoms with E-state index in [4.69, 9.17) is 0 Å². The summed E-state index contributed by atoms with van der Waals surface area (Å²) < 4.78 is 2.12. The average molecular weight is 215 g/mol. The highest BCUT2D eigenvalue weighted by atomic mass is 15.3. The van der Waals surface area contributed by atoms with Gasteiger partial charge in [0.15, 0.2) is 0 Å². The van der Waals surface area contributed by atoms with Crippen LogP contribution in [0.1, 0.15) is 36.8 Å². The maximum absolute atomic E-state index is 4.19. The lowest BCUT2D eigenvalue weighted by Crippen LogP contribution is -2.06. The van der Waals surface area contributed by atoms with Crippen LogP contribution in [0.15, 0.2) is 30.6 Å². The smallest absolute Gasteiger partial charge is 0.137 e. The highest BCUT2D eigenvalue weighted by Gasteiger charge is 2.08. The van der Waals surface area contributed by atoms with E-state index in [-0.39, 0.29) is 0 Å². The Labute approximate surface area is 96.1 Å². The minimum absolute atomic E-state index is 0.411. The Morgan fingerprint density at radius 3 is 2.69 bits per heavy atom. The molecule has 0 bridgehead atoms. The van der Waals surface area contributed by atoms with Crippen molar-refractivity contribution in [3.8, 4) is 0 Å². The number of aromatic nitrogens is 3. The van der Waals surface area contributed by atoms with Gasteiger partial charge in [-0.25, -0.2) is 0 Å². The first-order valence-electron chi connectivity index (χ1n) is 5.61. The fourth-order valence-electron chi connectivity index (χ4n) is 1.80. The van der Waals surface area contributed by atoms with Crippen molar-refractivity contribution in [2.45, 2.75) is 33.2 Å². The lowest BCUT2D eigenvalue weighted by atomic mass is 10.1. The number of nitrogens with zero attached hydrogens (tertiary/aromatic N) is 3. The number of hydrogen-bond donors (Lipinski definition) is 0. The molecule has 0 aliphatic carbocycles. The largest absolute Gasteiger partial charge is 0.315 e. The van der Waals surface area contributed by atoms with Gasteiger partial charge < -0.3 is 4.57 Å². The van der Waals surface area contributed by atoms with Crippen LogP contribution in [-0.2, 0) is 6.42 Å². The summed E-state index contributed by atoms with van der Waals surface area (Å²) in [6.07, 6.45) is 2.66. The molecule has 0 unspecified atom stereocenters. The molecule has 0 N–H and O–H groups in total. The third kappa shape index (κ3) is 2.13. The zero-order valence-corrected chi connectivity index (χ0v) is 10.0. The Balaban J connectivity index is 2.27. The Hall–Kier alpha value is -1.64. The summed E-state index contributed by atoms with van der Waals surface area (Å²) >= 11 is 0. The maximum Gasteiger partial charge on any atom is 0.137 e. The lowest BCUT2D eigenvalue weighted by Gasteiger charge is -2.10. The van der Waals surface area contributed by atoms with Crippen molar-refractivity contribution < 1.29 is 0 Å². The fourth-order valence-corrected chi connectivity index (χ4v) is 1.80. The molecule has 3 heteroatoms. The highest BCUT2D eigenvalue weighted by molar-refractivity contribution is 5.28. The summed E-state index contributed by atoms with van der Waals surface area (Å²) in [5, 5.41) is 8.17. The van der Waals surface area contributed by atoms with Gasteiger partial charge in [0, 0.05) is 12.5 Å². The van der Waals surface area contributed by atoms with Crippen molar-refractivity contribution in [2.75, 3.05) is 0 Å². The molecule has 0 aliphatic heterocycles. The summed E-state index contributed by atoms with van der Waals surface area (Å²) in [6.45, 7) is 6.42. The van der Waals surface area contributed by atoms with Crippen LogP contribution in [0.25, 0.3) is 0 Å². The monoisotopic (exact) mass is 215 g/mol. The van der Waals surface area contributed by atoms with Gasteiger partial charge in [0.1, 0.15) is 12.2 Å². The van der Waals surface area contributed by atoms with Crippen LogP contribution in [-0.4, -0.2) is 14.8 Å². The van der Waals surface area contributed by atoms with Crippen molar-refractivity contribution in [3.63, 3.8) is 0 Å². The SMILES string of the molecule is Cc1ccccc1Cc1nncn1C(C)C. The third-order valence-electron chi connectivity index (χ3n) is 2.81. The Morgan fingerprint density at radius 2 is 2.00 bits per heavy atom. The summed E-state index contributed by atoms with van der Waals surface area (Å²) in [4.78, 5) is 0. The molecular formula is C13H17N3. The Bertz CT molecular complexity index is 472. The van der Waals surface area contributed by atoms with E-state index >= 15 is 0 Å². The van der Waals surface area contributed by atoms with E-state index in [0.29, 0.717) is 6.04 Å². The van der Waals surface area contributed by atoms with E-state index in [1.165, 1.54) is 11.1 Å². The van der Waals surface area contributed by atoms with Crippen LogP contribution >= 0.6 is 0 Å². The maximum atomic E-state index is 4.19. The Kier molecular flexibility index (Phi) is 3.04. The van der Waals surface area contributed by atoms with E-state index in [0.717, 1.165) is 12.2 Å². The molecule has 0 saturated carbocycles. The fraction of sp³-hybridized carbons (Fsp3) is 0.385. The third-order valence-corrected chi connectivity index (χ3v) is 2.81. The van der Waals surface area contributed by atoms with E-state index in [1.807, 2.05) is 0 Å². The molecule has 1 aromatic carbocycles. The average Bonchev–Trinajstić information content (AvgIpc) is 2.69. The first kappa shape index (κ1) is 10.9. The summed E-state index contributed by atoms with van der Waals surface area (Å²) in [7, 11) is 0. The second-order valence-corrected chi connectivity index (χ2v) is 4.35. The molecule has 1 aromatic heterocycles. The summed E-state index contributed by atoms with van der Waals surface area (Å²) in [6, 6.07) is 8.82. The zero-order chi connectivity index (χ0) is 11.5. The molecule has 0 radical (unpaired) electrons. The van der Waals surface area contributed by atoms with Crippen LogP contribution in [0.5, 0.6) is 0 Å². The van der Waals surface area contributed by atoms with Crippen LogP contribution in [0.2, 0.25) is 0 Å². The van der Waals surface area contributed by atoms with Gasteiger partial charge in [0.2, 0.25) is 0 Å². The molecule has 1 heterocycles. The van der Waals surface area contributed by atoms with E-state index in [2.05, 4.69) is 59.8 Å². The highest BCUT2D eigenvalue weighted by Crippen LogP contribution is 2.14. The second-order valence-electron chi connectivity index (χ2n) is 4.35. The summed E-state index contributed by atoms with van der Waals surface area (Å²) in [5.74, 6) is 1.03. The van der Waals surface area contributed by atoms with Gasteiger partial charge in [-0.15, -0.1) is 10.2 Å². The molecule has 0 amide bonds. The van der Waals surface area contributed by atoms with E-state index in [1.54, 1.807) is 6.33 Å². The van der Waals surface area contributed by atoms with Crippen molar-refractivity contribution in [1.29, 1.82) is 0 Å². The van der Waals surface area contributed by atoms with Gasteiger partial charge in [0.05, 0.1) is 0 Å². The Morgan fingerprint density at radius 1 is 1.25 bits per heavy atom. The van der Waals surface area contributed by atoms with Crippen LogP contribution in [0.3, 0.4) is 0 Å². The van der Waals surface area contributed by atoms with Gasteiger partial charge in [-0.1, -0.05) is 24.3 Å². The number of hydrogen-bond acceptors (Lipinski definition) is 2. The van der Waals surface area contributed by atoms with Gasteiger partial charge in [-0.3, -0.25) is 0 Å². The minimum atomic E-state index is 0.411. The number of benzene rings is 1. The lowest BCUT2D eigenvalue weighted by molar-refractivity contribution is 0.573. The van der Waals surface area contributed by atoms with Crippen molar-refractivity contribution in [2.24, 2.45) is 0 Å². The van der Waals surface area contributed by atoms with Crippen LogP contribution in [0.4, 0.5) is 0 Å². The second kappa shape index (κ2) is 4.47. The normalized spacial score (nSPS) is 11.0. The number of rotatable bonds is 3. The van der Waals surface area contributed by atoms with Crippen LogP contribution in [0, 0.1) is 6.92 Å². The van der Waals surface area contributed by atoms with Gasteiger partial charge >= 0.3 is 0 Å². The number of aryl methyl sites for hydroxylation is 1. The van der Waals surface area contributed by atoms with Crippen molar-refractivity contribution in [3.05, 3.63) is 47.5 Å². The standard InChI is InChI=1S/C13H17N3/c1-10(2)16-9-14-15-13(16)8-12-7-5-4-6-11(12)3/h4-7,9-10H,8H2,1-3H3. The molecule has 16 heavy (non-hydrogen) atoms. The van der Waals surface area contributed by atoms with Crippen molar-refractivity contribution in [1.82, 2.24) is 14.8 Å². The van der Waals surface area contributed by atoms with Crippen molar-refractivity contribution >= 4 is 0 Å². The molecule has 0 atom stereocenters. The minimum Gasteiger partial charge on any atom is -0.315 e. The molecule has 2 aromatic rings. The zero-order valence-electron chi connectivity index (χ0n) is 10.0. The molecule has 0 fully saturated rings. The molecule has 3 nitrogen and oxygen atoms in total. The van der Waals surface area contributed by atoms with Gasteiger partial charge in [0.25, 0.3) is 0 Å². The van der Waals surface area contributed by atoms with Gasteiger partial charge in [-0.05, 0) is 31.9 Å². The predicted molar refractivity (Wildman–Crippen MR) is 64.4 cm³/mol. The topological polar surface area (TPSA) is 30.7 Å². The van der Waals surface area contributed by atoms with Gasteiger partial charge in [-0.2, -0.15) is 0 Å². The molecular weight excluding hydrogens is 198 g/mol. The molecule has 0 saturated heterocycles. The molecule has 2 rings (SSSR count). The summed E-state index contributed by atoms with van der Waals surface area (Å²) in [5.41, 5.74) is 2.62. The van der Waals surface area contributed by atoms with E-state index < -0.39 is 0 Å². The molecule has 84 valence electrons. The predicted octanol–water partition coefficient (Wildman–Crippen LogP) is 2.76. The first-order valence-corrected chi connectivity index (χ1v) is 5.61. The first-order chi connectivity index (χ1) is 7.68. The van der Waals surface area contributed by atoms with Crippen LogP contribution < -0.4 is 0 Å².